The van der Waals surface area contributed by atoms with Gasteiger partial charge in [-0.25, -0.2) is 13.2 Å². The van der Waals surface area contributed by atoms with Crippen LogP contribution in [0.3, 0.4) is 0 Å². The summed E-state index contributed by atoms with van der Waals surface area (Å²) < 4.78 is 40.7. The van der Waals surface area contributed by atoms with E-state index >= 15 is 0 Å². The number of hydrogen-bond acceptors (Lipinski definition) is 8. The van der Waals surface area contributed by atoms with Gasteiger partial charge in [0.1, 0.15) is 5.58 Å². The molecule has 0 spiro atoms. The molecule has 1 fully saturated rings. The summed E-state index contributed by atoms with van der Waals surface area (Å²) in [6.07, 6.45) is 0.835. The van der Waals surface area contributed by atoms with Gasteiger partial charge < -0.3 is 9.15 Å². The first-order chi connectivity index (χ1) is 18.3. The smallest absolute Gasteiger partial charge is 0.336 e. The zero-order valence-corrected chi connectivity index (χ0v) is 23.2. The molecule has 1 atom stereocenters. The van der Waals surface area contributed by atoms with Gasteiger partial charge in [-0.2, -0.15) is 4.31 Å². The molecule has 0 saturated carbocycles. The second kappa shape index (κ2) is 11.0. The Bertz CT molecular complexity index is 1620. The minimum atomic E-state index is -3.65. The Morgan fingerprint density at radius 2 is 1.87 bits per heavy atom. The maximum Gasteiger partial charge on any atom is 0.336 e. The first-order valence-electron chi connectivity index (χ1n) is 12.6. The Kier molecular flexibility index (Phi) is 7.71. The monoisotopic (exact) mass is 554 g/mol. The first-order valence-corrected chi connectivity index (χ1v) is 15.0. The molecule has 1 aliphatic rings. The number of thioether (sulfide) groups is 1. The average Bonchev–Trinajstić information content (AvgIpc) is 3.35. The number of ether oxygens (including phenoxy) is 1. The van der Waals surface area contributed by atoms with Crippen LogP contribution in [0.2, 0.25) is 0 Å². The molecule has 0 unspecified atom stereocenters. The maximum absolute atomic E-state index is 13.3. The van der Waals surface area contributed by atoms with Gasteiger partial charge in [-0.1, -0.05) is 43.0 Å². The third kappa shape index (κ3) is 5.28. The van der Waals surface area contributed by atoms with E-state index in [1.807, 2.05) is 35.8 Å². The molecule has 3 heterocycles. The lowest BCUT2D eigenvalue weighted by molar-refractivity contribution is 0.0730. The van der Waals surface area contributed by atoms with E-state index in [9.17, 15) is 13.2 Å². The van der Waals surface area contributed by atoms with Crippen LogP contribution in [0.25, 0.3) is 22.4 Å². The number of rotatable bonds is 8. The van der Waals surface area contributed by atoms with Crippen molar-refractivity contribution in [1.82, 2.24) is 19.1 Å². The van der Waals surface area contributed by atoms with Gasteiger partial charge >= 0.3 is 5.63 Å². The molecule has 0 N–H and O–H groups in total. The second-order valence-corrected chi connectivity index (χ2v) is 12.2. The summed E-state index contributed by atoms with van der Waals surface area (Å²) in [6, 6.07) is 14.3. The van der Waals surface area contributed by atoms with Crippen molar-refractivity contribution in [2.24, 2.45) is 0 Å². The molecule has 4 aromatic rings. The van der Waals surface area contributed by atoms with Crippen LogP contribution < -0.4 is 5.63 Å². The molecule has 38 heavy (non-hydrogen) atoms. The Labute approximate surface area is 225 Å². The molecule has 0 amide bonds. The Hall–Kier alpha value is -2.99. The lowest BCUT2D eigenvalue weighted by Crippen LogP contribution is -2.40. The number of aryl methyl sites for hydroxylation is 1. The zero-order chi connectivity index (χ0) is 26.9. The fourth-order valence-corrected chi connectivity index (χ4v) is 6.96. The van der Waals surface area contributed by atoms with Crippen LogP contribution in [0, 0.1) is 6.92 Å². The van der Waals surface area contributed by atoms with Crippen LogP contribution in [0.5, 0.6) is 0 Å². The molecule has 1 saturated heterocycles. The molecule has 1 aliphatic heterocycles. The van der Waals surface area contributed by atoms with Crippen LogP contribution in [0.1, 0.15) is 37.4 Å². The van der Waals surface area contributed by atoms with Crippen LogP contribution in [-0.4, -0.2) is 53.8 Å². The summed E-state index contributed by atoms with van der Waals surface area (Å²) in [5, 5.41) is 10.5. The first kappa shape index (κ1) is 26.6. The van der Waals surface area contributed by atoms with E-state index in [1.165, 1.54) is 22.1 Å². The molecule has 2 aromatic carbocycles. The highest BCUT2D eigenvalue weighted by atomic mass is 32.2. The molecule has 0 radical (unpaired) electrons. The number of hydrogen-bond donors (Lipinski definition) is 0. The lowest BCUT2D eigenvalue weighted by atomic mass is 10.1. The topological polar surface area (TPSA) is 108 Å². The van der Waals surface area contributed by atoms with Crippen LogP contribution in [0.4, 0.5) is 0 Å². The van der Waals surface area contributed by atoms with Crippen molar-refractivity contribution in [2.45, 2.75) is 49.0 Å². The summed E-state index contributed by atoms with van der Waals surface area (Å²) in [5.74, 6) is 1.11. The van der Waals surface area contributed by atoms with Crippen molar-refractivity contribution in [3.05, 3.63) is 70.1 Å². The van der Waals surface area contributed by atoms with E-state index in [4.69, 9.17) is 9.15 Å². The van der Waals surface area contributed by atoms with E-state index in [0.29, 0.717) is 54.2 Å². The average molecular weight is 555 g/mol. The van der Waals surface area contributed by atoms with Gasteiger partial charge in [0.15, 0.2) is 11.0 Å². The van der Waals surface area contributed by atoms with E-state index in [-0.39, 0.29) is 16.6 Å². The standard InChI is InChI=1S/C27H30N4O5S2/c1-4-19(3)31-26(20-6-5-7-22(15-20)38(33,34)30-10-12-35-13-11-30)28-29-27(31)37-17-21-16-25(32)36-24-14-18(2)8-9-23(21)24/h5-9,14-16,19H,4,10-13,17H2,1-3H3/t19-/m0/s1. The number of benzene rings is 2. The highest BCUT2D eigenvalue weighted by Gasteiger charge is 2.27. The minimum absolute atomic E-state index is 0.0715. The van der Waals surface area contributed by atoms with Crippen molar-refractivity contribution < 1.29 is 17.6 Å². The molecule has 0 aliphatic carbocycles. The fraction of sp³-hybridized carbons (Fsp3) is 0.370. The molecular weight excluding hydrogens is 524 g/mol. The number of sulfonamides is 1. The summed E-state index contributed by atoms with van der Waals surface area (Å²) in [4.78, 5) is 12.4. The summed E-state index contributed by atoms with van der Waals surface area (Å²) in [5.41, 5.74) is 2.74. The largest absolute Gasteiger partial charge is 0.423 e. The molecule has 2 aromatic heterocycles. The van der Waals surface area contributed by atoms with Gasteiger partial charge in [0.2, 0.25) is 10.0 Å². The van der Waals surface area contributed by atoms with Gasteiger partial charge in [-0.05, 0) is 49.6 Å². The van der Waals surface area contributed by atoms with Crippen molar-refractivity contribution >= 4 is 32.8 Å². The van der Waals surface area contributed by atoms with Crippen molar-refractivity contribution in [3.8, 4) is 11.4 Å². The molecule has 9 nitrogen and oxygen atoms in total. The van der Waals surface area contributed by atoms with E-state index < -0.39 is 10.0 Å². The van der Waals surface area contributed by atoms with Crippen molar-refractivity contribution in [1.29, 1.82) is 0 Å². The maximum atomic E-state index is 13.3. The summed E-state index contributed by atoms with van der Waals surface area (Å²) in [7, 11) is -3.65. The van der Waals surface area contributed by atoms with Crippen molar-refractivity contribution in [2.75, 3.05) is 26.3 Å². The lowest BCUT2D eigenvalue weighted by Gasteiger charge is -2.26. The van der Waals surface area contributed by atoms with E-state index in [1.54, 1.807) is 18.2 Å². The van der Waals surface area contributed by atoms with Crippen molar-refractivity contribution in [3.63, 3.8) is 0 Å². The molecule has 11 heteroatoms. The highest BCUT2D eigenvalue weighted by molar-refractivity contribution is 7.98. The van der Waals surface area contributed by atoms with Gasteiger partial charge in [-0.15, -0.1) is 10.2 Å². The third-order valence-corrected chi connectivity index (χ3v) is 9.63. The number of morpholine rings is 1. The van der Waals surface area contributed by atoms with Gasteiger partial charge in [0, 0.05) is 41.9 Å². The zero-order valence-electron chi connectivity index (χ0n) is 21.6. The van der Waals surface area contributed by atoms with Crippen LogP contribution in [-0.2, 0) is 20.5 Å². The van der Waals surface area contributed by atoms with Gasteiger partial charge in [0.05, 0.1) is 18.1 Å². The minimum Gasteiger partial charge on any atom is -0.423 e. The van der Waals surface area contributed by atoms with Crippen LogP contribution >= 0.6 is 11.8 Å². The normalized spacial score (nSPS) is 15.7. The molecule has 5 rings (SSSR count). The molecular formula is C27H30N4O5S2. The summed E-state index contributed by atoms with van der Waals surface area (Å²) in [6.45, 7) is 7.57. The quantitative estimate of drug-likeness (QED) is 0.229. The second-order valence-electron chi connectivity index (χ2n) is 9.36. The number of nitrogens with zero attached hydrogens (tertiary/aromatic N) is 4. The van der Waals surface area contributed by atoms with Gasteiger partial charge in [0.25, 0.3) is 0 Å². The third-order valence-electron chi connectivity index (χ3n) is 6.74. The Morgan fingerprint density at radius 3 is 2.63 bits per heavy atom. The number of fused-ring (bicyclic) bond motifs is 1. The van der Waals surface area contributed by atoms with E-state index in [0.717, 1.165) is 22.9 Å². The van der Waals surface area contributed by atoms with Gasteiger partial charge in [-0.3, -0.25) is 4.57 Å². The Balaban J connectivity index is 1.48. The molecule has 0 bridgehead atoms. The fourth-order valence-electron chi connectivity index (χ4n) is 4.48. The number of aromatic nitrogens is 3. The SMILES string of the molecule is CC[C@H](C)n1c(SCc2cc(=O)oc3cc(C)ccc23)nnc1-c1cccc(S(=O)(=O)N2CCOCC2)c1. The predicted octanol–water partition coefficient (Wildman–Crippen LogP) is 4.64. The predicted molar refractivity (Wildman–Crippen MR) is 147 cm³/mol. The van der Waals surface area contributed by atoms with E-state index in [2.05, 4.69) is 24.0 Å². The highest BCUT2D eigenvalue weighted by Crippen LogP contribution is 2.33. The Morgan fingerprint density at radius 1 is 1.08 bits per heavy atom. The summed E-state index contributed by atoms with van der Waals surface area (Å²) >= 11 is 1.49. The molecule has 200 valence electrons. The van der Waals surface area contributed by atoms with Crippen LogP contribution in [0.15, 0.2) is 67.8 Å².